The minimum absolute atomic E-state index is 0.123. The Labute approximate surface area is 68.2 Å². The molecule has 2 unspecified atom stereocenters. The molecule has 0 spiro atoms. The van der Waals surface area contributed by atoms with Crippen molar-refractivity contribution in [1.82, 2.24) is 0 Å². The van der Waals surface area contributed by atoms with Crippen molar-refractivity contribution in [2.24, 2.45) is 5.41 Å². The average molecular weight is 158 g/mol. The average Bonchev–Trinajstić information content (AvgIpc) is 1.82. The van der Waals surface area contributed by atoms with Crippen LogP contribution < -0.4 is 0 Å². The molecule has 2 atom stereocenters. The first-order valence-corrected chi connectivity index (χ1v) is 4.27. The predicted molar refractivity (Wildman–Crippen MR) is 44.3 cm³/mol. The molecule has 0 aromatic rings. The summed E-state index contributed by atoms with van der Waals surface area (Å²) in [4.78, 5) is 0. The minimum Gasteiger partial charge on any atom is -0.390 e. The maximum atomic E-state index is 9.73. The van der Waals surface area contributed by atoms with E-state index < -0.39 is 11.7 Å². The summed E-state index contributed by atoms with van der Waals surface area (Å²) in [5, 5.41) is 19.4. The first-order chi connectivity index (χ1) is 4.86. The lowest BCUT2D eigenvalue weighted by Crippen LogP contribution is -2.51. The Morgan fingerprint density at radius 2 is 1.73 bits per heavy atom. The second kappa shape index (κ2) is 2.46. The van der Waals surface area contributed by atoms with E-state index in [1.165, 1.54) is 0 Å². The number of rotatable bonds is 0. The molecule has 0 saturated heterocycles. The summed E-state index contributed by atoms with van der Waals surface area (Å²) in [5.41, 5.74) is -0.997. The summed E-state index contributed by atoms with van der Waals surface area (Å²) in [5.74, 6) is 0. The zero-order chi connectivity index (χ0) is 8.70. The van der Waals surface area contributed by atoms with Crippen LogP contribution in [0.1, 0.15) is 40.0 Å². The molecule has 0 amide bonds. The van der Waals surface area contributed by atoms with Gasteiger partial charge >= 0.3 is 0 Å². The summed E-state index contributed by atoms with van der Waals surface area (Å²) in [6, 6.07) is 0. The fraction of sp³-hybridized carbons (Fsp3) is 1.00. The topological polar surface area (TPSA) is 40.5 Å². The van der Waals surface area contributed by atoms with Crippen LogP contribution in [-0.2, 0) is 0 Å². The summed E-state index contributed by atoms with van der Waals surface area (Å²) in [6.45, 7) is 5.73. The number of aliphatic hydroxyl groups is 2. The van der Waals surface area contributed by atoms with E-state index in [1.54, 1.807) is 6.92 Å². The molecule has 1 saturated carbocycles. The third kappa shape index (κ3) is 1.57. The fourth-order valence-corrected chi connectivity index (χ4v) is 2.02. The molecule has 1 aliphatic rings. The Balaban J connectivity index is 2.76. The van der Waals surface area contributed by atoms with E-state index >= 15 is 0 Å². The third-order valence-corrected chi connectivity index (χ3v) is 2.83. The van der Waals surface area contributed by atoms with E-state index in [9.17, 15) is 10.2 Å². The summed E-state index contributed by atoms with van der Waals surface area (Å²) in [6.07, 6.45) is 2.16. The van der Waals surface area contributed by atoms with Gasteiger partial charge in [0.2, 0.25) is 0 Å². The second-order valence-corrected chi connectivity index (χ2v) is 4.60. The van der Waals surface area contributed by atoms with Gasteiger partial charge in [0.05, 0.1) is 11.7 Å². The van der Waals surface area contributed by atoms with Gasteiger partial charge < -0.3 is 10.2 Å². The highest BCUT2D eigenvalue weighted by atomic mass is 16.3. The minimum atomic E-state index is -0.873. The molecule has 2 heteroatoms. The molecular formula is C9H18O2. The first-order valence-electron chi connectivity index (χ1n) is 4.27. The predicted octanol–water partition coefficient (Wildman–Crippen LogP) is 1.31. The van der Waals surface area contributed by atoms with Crippen molar-refractivity contribution in [3.63, 3.8) is 0 Å². The SMILES string of the molecule is CC1(C)CCCC(C)(O)C1O. The highest BCUT2D eigenvalue weighted by Gasteiger charge is 2.44. The van der Waals surface area contributed by atoms with E-state index in [4.69, 9.17) is 0 Å². The number of hydrogen-bond donors (Lipinski definition) is 2. The summed E-state index contributed by atoms with van der Waals surface area (Å²) < 4.78 is 0. The standard InChI is InChI=1S/C9H18O2/c1-8(2)5-4-6-9(3,11)7(8)10/h7,10-11H,4-6H2,1-3H3. The molecule has 1 aliphatic carbocycles. The van der Waals surface area contributed by atoms with E-state index in [-0.39, 0.29) is 5.41 Å². The molecule has 66 valence electrons. The Morgan fingerprint density at radius 3 is 2.09 bits per heavy atom. The van der Waals surface area contributed by atoms with Crippen molar-refractivity contribution in [2.45, 2.75) is 51.7 Å². The highest BCUT2D eigenvalue weighted by Crippen LogP contribution is 2.40. The van der Waals surface area contributed by atoms with Crippen LogP contribution >= 0.6 is 0 Å². The van der Waals surface area contributed by atoms with Crippen LogP contribution in [0.4, 0.5) is 0 Å². The van der Waals surface area contributed by atoms with Crippen molar-refractivity contribution in [1.29, 1.82) is 0 Å². The number of hydrogen-bond acceptors (Lipinski definition) is 2. The van der Waals surface area contributed by atoms with Gasteiger partial charge in [-0.15, -0.1) is 0 Å². The van der Waals surface area contributed by atoms with E-state index in [2.05, 4.69) is 0 Å². The monoisotopic (exact) mass is 158 g/mol. The molecule has 2 nitrogen and oxygen atoms in total. The van der Waals surface area contributed by atoms with Crippen LogP contribution in [0.3, 0.4) is 0 Å². The van der Waals surface area contributed by atoms with Crippen molar-refractivity contribution in [2.75, 3.05) is 0 Å². The Kier molecular flexibility index (Phi) is 2.01. The Bertz CT molecular complexity index is 134. The van der Waals surface area contributed by atoms with E-state index in [0.717, 1.165) is 19.3 Å². The van der Waals surface area contributed by atoms with Gasteiger partial charge in [-0.3, -0.25) is 0 Å². The van der Waals surface area contributed by atoms with Gasteiger partial charge in [-0.1, -0.05) is 13.8 Å². The maximum absolute atomic E-state index is 9.73. The van der Waals surface area contributed by atoms with Crippen molar-refractivity contribution < 1.29 is 10.2 Å². The van der Waals surface area contributed by atoms with Crippen LogP contribution in [0.15, 0.2) is 0 Å². The fourth-order valence-electron chi connectivity index (χ4n) is 2.02. The quantitative estimate of drug-likeness (QED) is 0.558. The maximum Gasteiger partial charge on any atom is 0.0882 e. The van der Waals surface area contributed by atoms with Gasteiger partial charge in [0.25, 0.3) is 0 Å². The van der Waals surface area contributed by atoms with Crippen LogP contribution in [0.25, 0.3) is 0 Å². The molecule has 1 rings (SSSR count). The van der Waals surface area contributed by atoms with Gasteiger partial charge in [-0.05, 0) is 31.6 Å². The lowest BCUT2D eigenvalue weighted by Gasteiger charge is -2.44. The van der Waals surface area contributed by atoms with Gasteiger partial charge in [0.1, 0.15) is 0 Å². The zero-order valence-corrected chi connectivity index (χ0v) is 7.59. The van der Waals surface area contributed by atoms with Crippen LogP contribution in [0, 0.1) is 5.41 Å². The highest BCUT2D eigenvalue weighted by molar-refractivity contribution is 4.95. The third-order valence-electron chi connectivity index (χ3n) is 2.83. The molecule has 2 N–H and O–H groups in total. The Morgan fingerprint density at radius 1 is 1.18 bits per heavy atom. The lowest BCUT2D eigenvalue weighted by molar-refractivity contribution is -0.142. The van der Waals surface area contributed by atoms with Crippen LogP contribution in [0.5, 0.6) is 0 Å². The molecule has 0 heterocycles. The lowest BCUT2D eigenvalue weighted by atomic mass is 9.68. The van der Waals surface area contributed by atoms with Crippen LogP contribution in [-0.4, -0.2) is 21.9 Å². The zero-order valence-electron chi connectivity index (χ0n) is 7.59. The molecular weight excluding hydrogens is 140 g/mol. The second-order valence-electron chi connectivity index (χ2n) is 4.60. The summed E-state index contributed by atoms with van der Waals surface area (Å²) in [7, 11) is 0. The van der Waals surface area contributed by atoms with Crippen molar-refractivity contribution in [3.05, 3.63) is 0 Å². The van der Waals surface area contributed by atoms with Crippen LogP contribution in [0.2, 0.25) is 0 Å². The molecule has 0 aliphatic heterocycles. The molecule has 11 heavy (non-hydrogen) atoms. The Hall–Kier alpha value is -0.0800. The van der Waals surface area contributed by atoms with Gasteiger partial charge in [0.15, 0.2) is 0 Å². The normalized spacial score (nSPS) is 43.9. The molecule has 0 aromatic carbocycles. The molecule has 0 aromatic heterocycles. The van der Waals surface area contributed by atoms with Gasteiger partial charge in [-0.25, -0.2) is 0 Å². The van der Waals surface area contributed by atoms with E-state index in [0.29, 0.717) is 0 Å². The smallest absolute Gasteiger partial charge is 0.0882 e. The largest absolute Gasteiger partial charge is 0.390 e. The molecule has 0 radical (unpaired) electrons. The number of aliphatic hydroxyl groups excluding tert-OH is 1. The summed E-state index contributed by atoms with van der Waals surface area (Å²) >= 11 is 0. The van der Waals surface area contributed by atoms with Crippen molar-refractivity contribution in [3.8, 4) is 0 Å². The first kappa shape index (κ1) is 9.01. The molecule has 0 bridgehead atoms. The van der Waals surface area contributed by atoms with E-state index in [1.807, 2.05) is 13.8 Å². The van der Waals surface area contributed by atoms with Gasteiger partial charge in [0, 0.05) is 0 Å². The molecule has 1 fully saturated rings. The van der Waals surface area contributed by atoms with Crippen molar-refractivity contribution >= 4 is 0 Å². The van der Waals surface area contributed by atoms with Gasteiger partial charge in [-0.2, -0.15) is 0 Å².